The molecule has 0 aromatic heterocycles. The van der Waals surface area contributed by atoms with Crippen molar-refractivity contribution in [3.8, 4) is 5.75 Å². The number of halogens is 1. The van der Waals surface area contributed by atoms with Crippen LogP contribution in [0.2, 0.25) is 0 Å². The van der Waals surface area contributed by atoms with Gasteiger partial charge in [-0.05, 0) is 49.0 Å². The number of aryl methyl sites for hydroxylation is 1. The molecule has 0 spiro atoms. The number of anilines is 1. The Bertz CT molecular complexity index is 736. The first-order chi connectivity index (χ1) is 11.9. The van der Waals surface area contributed by atoms with E-state index < -0.39 is 0 Å². The Morgan fingerprint density at radius 3 is 2.60 bits per heavy atom. The van der Waals surface area contributed by atoms with Gasteiger partial charge in [-0.3, -0.25) is 0 Å². The maximum absolute atomic E-state index is 13.6. The predicted octanol–water partition coefficient (Wildman–Crippen LogP) is 2.31. The van der Waals surface area contributed by atoms with Gasteiger partial charge in [-0.25, -0.2) is 4.39 Å². The van der Waals surface area contributed by atoms with E-state index in [1.165, 1.54) is 11.0 Å². The molecule has 0 saturated carbocycles. The average molecular weight is 362 g/mol. The third-order valence-corrected chi connectivity index (χ3v) is 4.35. The second-order valence-corrected chi connectivity index (χ2v) is 6.58. The first-order valence-corrected chi connectivity index (χ1v) is 8.57. The van der Waals surface area contributed by atoms with Crippen molar-refractivity contribution in [2.45, 2.75) is 13.0 Å². The summed E-state index contributed by atoms with van der Waals surface area (Å²) in [6.45, 7) is 2.36. The predicted molar refractivity (Wildman–Crippen MR) is 104 cm³/mol. The molecular weight excluding hydrogens is 337 g/mol. The minimum atomic E-state index is -0.252. The van der Waals surface area contributed by atoms with Crippen molar-refractivity contribution >= 4 is 23.0 Å². The normalized spacial score (nSPS) is 11.9. The van der Waals surface area contributed by atoms with Gasteiger partial charge in [0.05, 0.1) is 33.3 Å². The maximum atomic E-state index is 13.6. The summed E-state index contributed by atoms with van der Waals surface area (Å²) < 4.78 is 19.1. The molecule has 0 amide bonds. The van der Waals surface area contributed by atoms with Crippen molar-refractivity contribution in [1.82, 2.24) is 5.32 Å². The highest BCUT2D eigenvalue weighted by atomic mass is 32.1. The highest BCUT2D eigenvalue weighted by Crippen LogP contribution is 2.22. The highest BCUT2D eigenvalue weighted by Gasteiger charge is 2.21. The van der Waals surface area contributed by atoms with E-state index >= 15 is 0 Å². The number of methoxy groups -OCH3 is 1. The molecule has 2 aromatic rings. The van der Waals surface area contributed by atoms with Gasteiger partial charge in [0.2, 0.25) is 0 Å². The number of benzene rings is 2. The average Bonchev–Trinajstić information content (AvgIpc) is 2.58. The summed E-state index contributed by atoms with van der Waals surface area (Å²) in [5, 5.41) is 6.70. The third kappa shape index (κ3) is 5.14. The summed E-state index contributed by atoms with van der Waals surface area (Å²) in [5.41, 5.74) is 2.35. The molecule has 0 heterocycles. The number of quaternary nitrogens is 1. The van der Waals surface area contributed by atoms with Crippen molar-refractivity contribution in [3.63, 3.8) is 0 Å². The van der Waals surface area contributed by atoms with Crippen LogP contribution in [-0.2, 0) is 0 Å². The fraction of sp³-hybridized carbons (Fsp3) is 0.316. The van der Waals surface area contributed by atoms with E-state index in [1.54, 1.807) is 26.2 Å². The Balaban J connectivity index is 2.03. The van der Waals surface area contributed by atoms with Crippen LogP contribution in [0.4, 0.5) is 10.1 Å². The van der Waals surface area contributed by atoms with Crippen LogP contribution in [0.25, 0.3) is 0 Å². The summed E-state index contributed by atoms with van der Waals surface area (Å²) >= 11 is 5.34. The quantitative estimate of drug-likeness (QED) is 0.690. The standard InChI is InChI=1S/C19H24FN3OS/c1-13-9-10-14(11-16(13)20)22-19(25)21-12-17(23(2)3)15-7-5-6-8-18(15)24-4/h5-11,17H,12H2,1-4H3,(H2,21,22,25)/p+1/t17-/m0/s1. The van der Waals surface area contributed by atoms with Gasteiger partial charge in [-0.15, -0.1) is 0 Å². The molecule has 0 aliphatic heterocycles. The van der Waals surface area contributed by atoms with E-state index in [2.05, 4.69) is 30.8 Å². The third-order valence-electron chi connectivity index (χ3n) is 4.11. The second kappa shape index (κ2) is 8.78. The van der Waals surface area contributed by atoms with Crippen molar-refractivity contribution in [3.05, 3.63) is 59.4 Å². The smallest absolute Gasteiger partial charge is 0.171 e. The topological polar surface area (TPSA) is 37.7 Å². The first-order valence-electron chi connectivity index (χ1n) is 8.16. The molecule has 3 N–H and O–H groups in total. The number of thiocarbonyl (C=S) groups is 1. The summed E-state index contributed by atoms with van der Waals surface area (Å²) in [7, 11) is 5.85. The fourth-order valence-corrected chi connectivity index (χ4v) is 2.82. The van der Waals surface area contributed by atoms with Crippen LogP contribution in [0.15, 0.2) is 42.5 Å². The Labute approximate surface area is 154 Å². The van der Waals surface area contributed by atoms with Gasteiger partial charge in [-0.2, -0.15) is 0 Å². The van der Waals surface area contributed by atoms with E-state index in [-0.39, 0.29) is 11.9 Å². The van der Waals surface area contributed by atoms with Crippen LogP contribution in [0.5, 0.6) is 5.75 Å². The molecule has 0 bridgehead atoms. The second-order valence-electron chi connectivity index (χ2n) is 6.17. The molecular formula is C19H25FN3OS+. The molecule has 1 atom stereocenters. The van der Waals surface area contributed by atoms with E-state index in [0.717, 1.165) is 11.3 Å². The molecule has 25 heavy (non-hydrogen) atoms. The van der Waals surface area contributed by atoms with Gasteiger partial charge >= 0.3 is 0 Å². The fourth-order valence-electron chi connectivity index (χ4n) is 2.62. The van der Waals surface area contributed by atoms with Gasteiger partial charge in [0, 0.05) is 5.69 Å². The summed E-state index contributed by atoms with van der Waals surface area (Å²) in [5.74, 6) is 0.604. The van der Waals surface area contributed by atoms with Crippen LogP contribution >= 0.6 is 12.2 Å². The molecule has 0 saturated heterocycles. The van der Waals surface area contributed by atoms with E-state index in [1.807, 2.05) is 18.2 Å². The SMILES string of the molecule is COc1ccccc1[C@H](CNC(=S)Nc1ccc(C)c(F)c1)[NH+](C)C. The molecule has 134 valence electrons. The molecule has 0 aliphatic rings. The first kappa shape index (κ1) is 19.1. The van der Waals surface area contributed by atoms with E-state index in [9.17, 15) is 4.39 Å². The zero-order valence-corrected chi connectivity index (χ0v) is 15.8. The van der Waals surface area contributed by atoms with E-state index in [0.29, 0.717) is 22.9 Å². The van der Waals surface area contributed by atoms with Crippen molar-refractivity contribution < 1.29 is 14.0 Å². The number of ether oxygens (including phenoxy) is 1. The van der Waals surface area contributed by atoms with Crippen molar-refractivity contribution in [2.75, 3.05) is 33.1 Å². The molecule has 0 unspecified atom stereocenters. The Morgan fingerprint density at radius 2 is 1.96 bits per heavy atom. The molecule has 0 fully saturated rings. The maximum Gasteiger partial charge on any atom is 0.171 e. The molecule has 2 aromatic carbocycles. The lowest BCUT2D eigenvalue weighted by Gasteiger charge is -2.24. The van der Waals surface area contributed by atoms with Gasteiger partial charge in [-0.1, -0.05) is 18.2 Å². The lowest BCUT2D eigenvalue weighted by Crippen LogP contribution is -3.07. The van der Waals surface area contributed by atoms with Gasteiger partial charge in [0.1, 0.15) is 17.6 Å². The zero-order valence-electron chi connectivity index (χ0n) is 15.0. The number of hydrogen-bond acceptors (Lipinski definition) is 2. The Hall–Kier alpha value is -2.18. The summed E-state index contributed by atoms with van der Waals surface area (Å²) in [4.78, 5) is 1.25. The lowest BCUT2D eigenvalue weighted by molar-refractivity contribution is -0.890. The number of para-hydroxylation sites is 1. The van der Waals surface area contributed by atoms with Gasteiger partial charge in [0.25, 0.3) is 0 Å². The van der Waals surface area contributed by atoms with Crippen LogP contribution in [0.1, 0.15) is 17.2 Å². The molecule has 0 radical (unpaired) electrons. The molecule has 0 aliphatic carbocycles. The number of rotatable bonds is 6. The largest absolute Gasteiger partial charge is 0.496 e. The van der Waals surface area contributed by atoms with Gasteiger partial charge in [0.15, 0.2) is 5.11 Å². The monoisotopic (exact) mass is 362 g/mol. The lowest BCUT2D eigenvalue weighted by atomic mass is 10.0. The van der Waals surface area contributed by atoms with Crippen LogP contribution in [0.3, 0.4) is 0 Å². The highest BCUT2D eigenvalue weighted by molar-refractivity contribution is 7.80. The van der Waals surface area contributed by atoms with Gasteiger partial charge < -0.3 is 20.3 Å². The Kier molecular flexibility index (Phi) is 6.73. The van der Waals surface area contributed by atoms with Crippen molar-refractivity contribution in [2.24, 2.45) is 0 Å². The zero-order chi connectivity index (χ0) is 18.4. The summed E-state index contributed by atoms with van der Waals surface area (Å²) in [6, 6.07) is 13.1. The number of nitrogens with one attached hydrogen (secondary N) is 3. The minimum absolute atomic E-state index is 0.158. The molecule has 2 rings (SSSR count). The number of hydrogen-bond donors (Lipinski definition) is 3. The molecule has 4 nitrogen and oxygen atoms in total. The van der Waals surface area contributed by atoms with Crippen LogP contribution in [-0.4, -0.2) is 32.9 Å². The molecule has 6 heteroatoms. The summed E-state index contributed by atoms with van der Waals surface area (Å²) in [6.07, 6.45) is 0. The Morgan fingerprint density at radius 1 is 1.24 bits per heavy atom. The number of likely N-dealkylation sites (N-methyl/N-ethyl adjacent to an activating group) is 1. The van der Waals surface area contributed by atoms with Crippen LogP contribution in [0, 0.1) is 12.7 Å². The van der Waals surface area contributed by atoms with E-state index in [4.69, 9.17) is 17.0 Å². The minimum Gasteiger partial charge on any atom is -0.496 e. The van der Waals surface area contributed by atoms with Crippen LogP contribution < -0.4 is 20.3 Å². The van der Waals surface area contributed by atoms with Crippen molar-refractivity contribution in [1.29, 1.82) is 0 Å².